The molecule has 1 saturated heterocycles. The number of nitrogens with one attached hydrogen (secondary N) is 1. The van der Waals surface area contributed by atoms with Crippen LogP contribution in [0.4, 0.5) is 0 Å². The summed E-state index contributed by atoms with van der Waals surface area (Å²) in [5.41, 5.74) is 2.12. The van der Waals surface area contributed by atoms with Crippen molar-refractivity contribution in [3.05, 3.63) is 47.5 Å². The minimum Gasteiger partial charge on any atom is -0.350 e. The zero-order valence-corrected chi connectivity index (χ0v) is 13.1. The van der Waals surface area contributed by atoms with E-state index in [4.69, 9.17) is 0 Å². The Kier molecular flexibility index (Phi) is 4.28. The number of carbonyl (C=O) groups excluding carboxylic acids is 3. The molecule has 1 aromatic rings. The largest absolute Gasteiger partial charge is 0.350 e. The van der Waals surface area contributed by atoms with Gasteiger partial charge in [-0.1, -0.05) is 36.4 Å². The van der Waals surface area contributed by atoms with E-state index < -0.39 is 0 Å². The fraction of sp³-hybridized carbons (Fsp3) is 0.389. The van der Waals surface area contributed by atoms with Gasteiger partial charge in [0, 0.05) is 6.54 Å². The number of imide groups is 1. The first-order valence-corrected chi connectivity index (χ1v) is 7.89. The third kappa shape index (κ3) is 3.04. The maximum Gasteiger partial charge on any atom is 0.240 e. The van der Waals surface area contributed by atoms with Crippen molar-refractivity contribution in [3.63, 3.8) is 0 Å². The molecule has 1 aliphatic heterocycles. The zero-order valence-electron chi connectivity index (χ0n) is 13.1. The quantitative estimate of drug-likeness (QED) is 0.678. The standard InChI is InChI=1S/C18H20N2O3/c1-12-6-2-3-7-13(12)10-19-16(21)11-20-17(22)14-8-4-5-9-15(14)18(20)23/h2-7,14-15H,8-11H2,1H3,(H,19,21)/t14-,15-/m1/s1. The second-order valence-corrected chi connectivity index (χ2v) is 6.12. The van der Waals surface area contributed by atoms with E-state index in [2.05, 4.69) is 5.32 Å². The first-order valence-electron chi connectivity index (χ1n) is 7.89. The van der Waals surface area contributed by atoms with Gasteiger partial charge in [-0.2, -0.15) is 0 Å². The van der Waals surface area contributed by atoms with Crippen LogP contribution < -0.4 is 5.32 Å². The summed E-state index contributed by atoms with van der Waals surface area (Å²) in [6, 6.07) is 7.78. The van der Waals surface area contributed by atoms with Crippen LogP contribution in [0.2, 0.25) is 0 Å². The summed E-state index contributed by atoms with van der Waals surface area (Å²) in [6.07, 6.45) is 5.06. The van der Waals surface area contributed by atoms with E-state index in [1.54, 1.807) is 0 Å². The average Bonchev–Trinajstić information content (AvgIpc) is 2.80. The topological polar surface area (TPSA) is 66.5 Å². The highest BCUT2D eigenvalue weighted by Crippen LogP contribution is 2.34. The molecule has 5 nitrogen and oxygen atoms in total. The highest BCUT2D eigenvalue weighted by molar-refractivity contribution is 6.07. The minimum atomic E-state index is -0.304. The SMILES string of the molecule is Cc1ccccc1CNC(=O)CN1C(=O)[C@@H]2CC=CC[C@H]2C1=O. The molecule has 0 bridgehead atoms. The monoisotopic (exact) mass is 312 g/mol. The summed E-state index contributed by atoms with van der Waals surface area (Å²) in [6.45, 7) is 2.19. The Morgan fingerprint density at radius 2 is 1.74 bits per heavy atom. The summed E-state index contributed by atoms with van der Waals surface area (Å²) in [5, 5.41) is 2.79. The van der Waals surface area contributed by atoms with Crippen LogP contribution in [0.1, 0.15) is 24.0 Å². The molecule has 2 atom stereocenters. The maximum absolute atomic E-state index is 12.3. The van der Waals surface area contributed by atoms with Gasteiger partial charge in [0.25, 0.3) is 0 Å². The number of hydrogen-bond acceptors (Lipinski definition) is 3. The van der Waals surface area contributed by atoms with Crippen molar-refractivity contribution in [2.24, 2.45) is 11.8 Å². The smallest absolute Gasteiger partial charge is 0.240 e. The Hall–Kier alpha value is -2.43. The Morgan fingerprint density at radius 3 is 2.35 bits per heavy atom. The predicted molar refractivity (Wildman–Crippen MR) is 85.1 cm³/mol. The van der Waals surface area contributed by atoms with Crippen molar-refractivity contribution >= 4 is 17.7 Å². The molecular formula is C18H20N2O3. The van der Waals surface area contributed by atoms with Gasteiger partial charge >= 0.3 is 0 Å². The molecule has 2 aliphatic rings. The number of carbonyl (C=O) groups is 3. The summed E-state index contributed by atoms with van der Waals surface area (Å²) in [4.78, 5) is 37.8. The number of allylic oxidation sites excluding steroid dienone is 2. The predicted octanol–water partition coefficient (Wildman–Crippen LogP) is 1.56. The number of amides is 3. The van der Waals surface area contributed by atoms with E-state index in [-0.39, 0.29) is 36.1 Å². The summed E-state index contributed by atoms with van der Waals surface area (Å²) >= 11 is 0. The Labute approximate surface area is 135 Å². The highest BCUT2D eigenvalue weighted by Gasteiger charge is 2.47. The highest BCUT2D eigenvalue weighted by atomic mass is 16.2. The third-order valence-electron chi connectivity index (χ3n) is 4.64. The van der Waals surface area contributed by atoms with E-state index in [1.807, 2.05) is 43.3 Å². The molecule has 1 fully saturated rings. The van der Waals surface area contributed by atoms with E-state index in [0.29, 0.717) is 19.4 Å². The molecule has 120 valence electrons. The van der Waals surface area contributed by atoms with E-state index >= 15 is 0 Å². The minimum absolute atomic E-state index is 0.184. The second-order valence-electron chi connectivity index (χ2n) is 6.12. The lowest BCUT2D eigenvalue weighted by Crippen LogP contribution is -2.40. The molecular weight excluding hydrogens is 292 g/mol. The number of hydrogen-bond donors (Lipinski definition) is 1. The molecule has 0 spiro atoms. The van der Waals surface area contributed by atoms with Gasteiger partial charge in [0.2, 0.25) is 17.7 Å². The number of benzene rings is 1. The first-order chi connectivity index (χ1) is 11.1. The molecule has 3 rings (SSSR count). The van der Waals surface area contributed by atoms with Crippen LogP contribution in [0.25, 0.3) is 0 Å². The van der Waals surface area contributed by atoms with Gasteiger partial charge in [0.05, 0.1) is 11.8 Å². The van der Waals surface area contributed by atoms with Crippen molar-refractivity contribution in [2.75, 3.05) is 6.54 Å². The van der Waals surface area contributed by atoms with Gasteiger partial charge in [-0.15, -0.1) is 0 Å². The maximum atomic E-state index is 12.3. The van der Waals surface area contributed by atoms with Gasteiger partial charge in [-0.05, 0) is 30.9 Å². The lowest BCUT2D eigenvalue weighted by atomic mass is 9.85. The second kappa shape index (κ2) is 6.36. The zero-order chi connectivity index (χ0) is 16.4. The fourth-order valence-corrected chi connectivity index (χ4v) is 3.23. The van der Waals surface area contributed by atoms with Crippen molar-refractivity contribution in [1.29, 1.82) is 0 Å². The lowest BCUT2D eigenvalue weighted by Gasteiger charge is -2.15. The van der Waals surface area contributed by atoms with Gasteiger partial charge in [-0.3, -0.25) is 19.3 Å². The molecule has 0 unspecified atom stereocenters. The molecule has 23 heavy (non-hydrogen) atoms. The number of rotatable bonds is 4. The molecule has 0 saturated carbocycles. The van der Waals surface area contributed by atoms with Gasteiger partial charge in [0.15, 0.2) is 0 Å². The molecule has 1 aliphatic carbocycles. The molecule has 0 aromatic heterocycles. The van der Waals surface area contributed by atoms with Crippen LogP contribution in [0, 0.1) is 18.8 Å². The Balaban J connectivity index is 1.59. The van der Waals surface area contributed by atoms with Gasteiger partial charge in [-0.25, -0.2) is 0 Å². The fourth-order valence-electron chi connectivity index (χ4n) is 3.23. The van der Waals surface area contributed by atoms with Gasteiger partial charge in [0.1, 0.15) is 6.54 Å². The summed E-state index contributed by atoms with van der Waals surface area (Å²) in [7, 11) is 0. The van der Waals surface area contributed by atoms with Crippen LogP contribution >= 0.6 is 0 Å². The van der Waals surface area contributed by atoms with Crippen LogP contribution in [0.15, 0.2) is 36.4 Å². The number of aryl methyl sites for hydroxylation is 1. The van der Waals surface area contributed by atoms with Gasteiger partial charge < -0.3 is 5.32 Å². The molecule has 5 heteroatoms. The molecule has 1 N–H and O–H groups in total. The van der Waals surface area contributed by atoms with E-state index in [0.717, 1.165) is 16.0 Å². The Morgan fingerprint density at radius 1 is 1.13 bits per heavy atom. The Bertz CT molecular complexity index is 655. The summed E-state index contributed by atoms with van der Waals surface area (Å²) < 4.78 is 0. The number of likely N-dealkylation sites (tertiary alicyclic amines) is 1. The lowest BCUT2D eigenvalue weighted by molar-refractivity contribution is -0.143. The molecule has 3 amide bonds. The van der Waals surface area contributed by atoms with E-state index in [9.17, 15) is 14.4 Å². The molecule has 1 heterocycles. The number of nitrogens with zero attached hydrogens (tertiary/aromatic N) is 1. The van der Waals surface area contributed by atoms with Crippen molar-refractivity contribution < 1.29 is 14.4 Å². The van der Waals surface area contributed by atoms with E-state index in [1.165, 1.54) is 0 Å². The third-order valence-corrected chi connectivity index (χ3v) is 4.64. The molecule has 1 aromatic carbocycles. The van der Waals surface area contributed by atoms with Crippen LogP contribution in [-0.4, -0.2) is 29.2 Å². The van der Waals surface area contributed by atoms with Crippen LogP contribution in [0.3, 0.4) is 0 Å². The molecule has 0 radical (unpaired) electrons. The van der Waals surface area contributed by atoms with Crippen molar-refractivity contribution in [1.82, 2.24) is 10.2 Å². The normalized spacial score (nSPS) is 23.1. The van der Waals surface area contributed by atoms with Crippen LogP contribution in [-0.2, 0) is 20.9 Å². The van der Waals surface area contributed by atoms with Crippen molar-refractivity contribution in [3.8, 4) is 0 Å². The summed E-state index contributed by atoms with van der Waals surface area (Å²) in [5.74, 6) is -1.29. The first kappa shape index (κ1) is 15.5. The van der Waals surface area contributed by atoms with Crippen LogP contribution in [0.5, 0.6) is 0 Å². The van der Waals surface area contributed by atoms with Crippen molar-refractivity contribution in [2.45, 2.75) is 26.3 Å². The number of fused-ring (bicyclic) bond motifs is 1. The average molecular weight is 312 g/mol.